The third-order valence-corrected chi connectivity index (χ3v) is 5.08. The summed E-state index contributed by atoms with van der Waals surface area (Å²) in [5, 5.41) is 4.23. The molecule has 3 aromatic rings. The summed E-state index contributed by atoms with van der Waals surface area (Å²) in [6.45, 7) is 3.22. The summed E-state index contributed by atoms with van der Waals surface area (Å²) >= 11 is 0. The standard InChI is InChI=1S/C21H23N5O2/c1-25-18(8-9-24-25)13-26-10-11-28-20(14-26)19-7-6-17(12-23-19)15-2-4-16(5-3-15)21(22)27/h2-9,12,20H,10-11,13-14H2,1H3,(H2,22,27)/t20-/m1/s1. The lowest BCUT2D eigenvalue weighted by molar-refractivity contribution is -0.0356. The Hall–Kier alpha value is -3.03. The zero-order chi connectivity index (χ0) is 19.5. The van der Waals surface area contributed by atoms with Gasteiger partial charge in [-0.05, 0) is 29.8 Å². The maximum absolute atomic E-state index is 11.2. The molecule has 144 valence electrons. The molecule has 4 rings (SSSR count). The maximum Gasteiger partial charge on any atom is 0.248 e. The Balaban J connectivity index is 1.44. The Morgan fingerprint density at radius 1 is 1.18 bits per heavy atom. The van der Waals surface area contributed by atoms with E-state index in [4.69, 9.17) is 10.5 Å². The fourth-order valence-electron chi connectivity index (χ4n) is 3.40. The average Bonchev–Trinajstić information content (AvgIpc) is 3.13. The molecular formula is C21H23N5O2. The van der Waals surface area contributed by atoms with Gasteiger partial charge in [0.15, 0.2) is 0 Å². The zero-order valence-corrected chi connectivity index (χ0v) is 15.8. The van der Waals surface area contributed by atoms with Crippen molar-refractivity contribution in [3.63, 3.8) is 0 Å². The molecule has 28 heavy (non-hydrogen) atoms. The normalized spacial score (nSPS) is 17.5. The summed E-state index contributed by atoms with van der Waals surface area (Å²) in [6, 6.07) is 13.3. The lowest BCUT2D eigenvalue weighted by Crippen LogP contribution is -2.38. The number of aromatic nitrogens is 3. The average molecular weight is 377 g/mol. The van der Waals surface area contributed by atoms with Crippen molar-refractivity contribution < 1.29 is 9.53 Å². The smallest absolute Gasteiger partial charge is 0.248 e. The predicted octanol–water partition coefficient (Wildman–Crippen LogP) is 2.15. The van der Waals surface area contributed by atoms with Gasteiger partial charge in [-0.15, -0.1) is 0 Å². The predicted molar refractivity (Wildman–Crippen MR) is 105 cm³/mol. The van der Waals surface area contributed by atoms with Crippen LogP contribution in [-0.2, 0) is 18.3 Å². The van der Waals surface area contributed by atoms with E-state index >= 15 is 0 Å². The summed E-state index contributed by atoms with van der Waals surface area (Å²) < 4.78 is 7.86. The van der Waals surface area contributed by atoms with E-state index in [0.29, 0.717) is 12.2 Å². The molecule has 1 saturated heterocycles. The van der Waals surface area contributed by atoms with Gasteiger partial charge in [-0.1, -0.05) is 18.2 Å². The largest absolute Gasteiger partial charge is 0.369 e. The quantitative estimate of drug-likeness (QED) is 0.736. The Bertz CT molecular complexity index is 950. The van der Waals surface area contributed by atoms with Crippen LogP contribution in [0.15, 0.2) is 54.9 Å². The number of pyridine rings is 1. The Labute approximate surface area is 163 Å². The first-order valence-corrected chi connectivity index (χ1v) is 9.27. The molecule has 0 unspecified atom stereocenters. The number of nitrogens with two attached hydrogens (primary N) is 1. The summed E-state index contributed by atoms with van der Waals surface area (Å²) in [5.41, 5.74) is 9.88. The first kappa shape index (κ1) is 18.3. The summed E-state index contributed by atoms with van der Waals surface area (Å²) in [5.74, 6) is -0.426. The van der Waals surface area contributed by atoms with Crippen molar-refractivity contribution in [3.8, 4) is 11.1 Å². The monoisotopic (exact) mass is 377 g/mol. The summed E-state index contributed by atoms with van der Waals surface area (Å²) in [4.78, 5) is 18.2. The van der Waals surface area contributed by atoms with E-state index in [9.17, 15) is 4.79 Å². The van der Waals surface area contributed by atoms with Crippen molar-refractivity contribution in [2.45, 2.75) is 12.6 Å². The van der Waals surface area contributed by atoms with Crippen molar-refractivity contribution in [2.24, 2.45) is 12.8 Å². The molecule has 7 heteroatoms. The molecule has 1 amide bonds. The molecule has 1 aliphatic heterocycles. The highest BCUT2D eigenvalue weighted by Crippen LogP contribution is 2.25. The van der Waals surface area contributed by atoms with Crippen LogP contribution in [0.2, 0.25) is 0 Å². The topological polar surface area (TPSA) is 86.3 Å². The van der Waals surface area contributed by atoms with Crippen LogP contribution in [0.4, 0.5) is 0 Å². The van der Waals surface area contributed by atoms with E-state index in [-0.39, 0.29) is 6.10 Å². The first-order chi connectivity index (χ1) is 13.6. The minimum absolute atomic E-state index is 0.0479. The molecule has 1 aromatic carbocycles. The van der Waals surface area contributed by atoms with Gasteiger partial charge in [-0.2, -0.15) is 5.10 Å². The zero-order valence-electron chi connectivity index (χ0n) is 15.8. The summed E-state index contributed by atoms with van der Waals surface area (Å²) in [6.07, 6.45) is 3.62. The maximum atomic E-state index is 11.2. The van der Waals surface area contributed by atoms with E-state index in [1.54, 1.807) is 12.1 Å². The number of aryl methyl sites for hydroxylation is 1. The molecule has 0 aliphatic carbocycles. The minimum Gasteiger partial charge on any atom is -0.369 e. The van der Waals surface area contributed by atoms with E-state index in [1.165, 1.54) is 5.69 Å². The molecule has 0 saturated carbocycles. The third kappa shape index (κ3) is 3.95. The van der Waals surface area contributed by atoms with Crippen LogP contribution in [0.5, 0.6) is 0 Å². The van der Waals surface area contributed by atoms with Crippen LogP contribution in [0.3, 0.4) is 0 Å². The van der Waals surface area contributed by atoms with Gasteiger partial charge in [-0.25, -0.2) is 0 Å². The lowest BCUT2D eigenvalue weighted by Gasteiger charge is -2.32. The van der Waals surface area contributed by atoms with Crippen LogP contribution in [0.1, 0.15) is 27.8 Å². The number of amides is 1. The van der Waals surface area contributed by atoms with Crippen molar-refractivity contribution in [1.82, 2.24) is 19.7 Å². The second-order valence-corrected chi connectivity index (χ2v) is 6.95. The van der Waals surface area contributed by atoms with Crippen molar-refractivity contribution in [1.29, 1.82) is 0 Å². The number of hydrogen-bond donors (Lipinski definition) is 1. The van der Waals surface area contributed by atoms with Crippen LogP contribution in [-0.4, -0.2) is 45.3 Å². The molecular weight excluding hydrogens is 354 g/mol. The van der Waals surface area contributed by atoms with Crippen LogP contribution < -0.4 is 5.73 Å². The highest BCUT2D eigenvalue weighted by Gasteiger charge is 2.23. The summed E-state index contributed by atoms with van der Waals surface area (Å²) in [7, 11) is 1.96. The highest BCUT2D eigenvalue weighted by atomic mass is 16.5. The number of morpholine rings is 1. The minimum atomic E-state index is -0.426. The number of ether oxygens (including phenoxy) is 1. The fraction of sp³-hybridized carbons (Fsp3) is 0.286. The van der Waals surface area contributed by atoms with Gasteiger partial charge in [0, 0.05) is 50.2 Å². The molecule has 0 spiro atoms. The molecule has 1 fully saturated rings. The Morgan fingerprint density at radius 3 is 2.61 bits per heavy atom. The fourth-order valence-corrected chi connectivity index (χ4v) is 3.40. The molecule has 3 heterocycles. The number of primary amides is 1. The number of carbonyl (C=O) groups is 1. The van der Waals surface area contributed by atoms with Crippen LogP contribution in [0.25, 0.3) is 11.1 Å². The second-order valence-electron chi connectivity index (χ2n) is 6.95. The van der Waals surface area contributed by atoms with E-state index < -0.39 is 5.91 Å². The Kier molecular flexibility index (Phi) is 5.18. The van der Waals surface area contributed by atoms with Gasteiger partial charge in [0.05, 0.1) is 18.0 Å². The molecule has 0 radical (unpaired) electrons. The van der Waals surface area contributed by atoms with Gasteiger partial charge in [-0.3, -0.25) is 19.4 Å². The second kappa shape index (κ2) is 7.92. The molecule has 7 nitrogen and oxygen atoms in total. The molecule has 1 aliphatic rings. The van der Waals surface area contributed by atoms with Crippen LogP contribution >= 0.6 is 0 Å². The first-order valence-electron chi connectivity index (χ1n) is 9.27. The van der Waals surface area contributed by atoms with Crippen molar-refractivity contribution in [3.05, 3.63) is 71.8 Å². The Morgan fingerprint density at radius 2 is 1.96 bits per heavy atom. The number of rotatable bonds is 5. The van der Waals surface area contributed by atoms with Gasteiger partial charge in [0.25, 0.3) is 0 Å². The number of nitrogens with zero attached hydrogens (tertiary/aromatic N) is 4. The van der Waals surface area contributed by atoms with E-state index in [0.717, 1.165) is 36.5 Å². The number of carbonyl (C=O) groups excluding carboxylic acids is 1. The third-order valence-electron chi connectivity index (χ3n) is 5.08. The molecule has 1 atom stereocenters. The van der Waals surface area contributed by atoms with Crippen LogP contribution in [0, 0.1) is 0 Å². The van der Waals surface area contributed by atoms with Crippen molar-refractivity contribution in [2.75, 3.05) is 19.7 Å². The molecule has 2 aromatic heterocycles. The van der Waals surface area contributed by atoms with Crippen molar-refractivity contribution >= 4 is 5.91 Å². The number of hydrogen-bond acceptors (Lipinski definition) is 5. The number of benzene rings is 1. The SMILES string of the molecule is Cn1nccc1CN1CCO[C@@H](c2ccc(-c3ccc(C(N)=O)cc3)cn2)C1. The van der Waals surface area contributed by atoms with Gasteiger partial charge < -0.3 is 10.5 Å². The molecule has 2 N–H and O–H groups in total. The van der Waals surface area contributed by atoms with Gasteiger partial charge in [0.1, 0.15) is 6.10 Å². The van der Waals surface area contributed by atoms with Gasteiger partial charge in [0.2, 0.25) is 5.91 Å². The lowest BCUT2D eigenvalue weighted by atomic mass is 10.0. The van der Waals surface area contributed by atoms with E-state index in [1.807, 2.05) is 54.5 Å². The molecule has 0 bridgehead atoms. The van der Waals surface area contributed by atoms with Gasteiger partial charge >= 0.3 is 0 Å². The highest BCUT2D eigenvalue weighted by molar-refractivity contribution is 5.93. The van der Waals surface area contributed by atoms with E-state index in [2.05, 4.69) is 15.0 Å².